The van der Waals surface area contributed by atoms with Gasteiger partial charge in [-0.15, -0.1) is 0 Å². The molecular formula is C23H24F4N2O2S. The number of hydrogen-bond donors (Lipinski definition) is 1. The molecule has 2 heterocycles. The van der Waals surface area contributed by atoms with Crippen LogP contribution in [0.5, 0.6) is 0 Å². The highest BCUT2D eigenvalue weighted by Crippen LogP contribution is 2.37. The van der Waals surface area contributed by atoms with E-state index in [4.69, 9.17) is 4.74 Å². The lowest BCUT2D eigenvalue weighted by atomic mass is 9.95. The van der Waals surface area contributed by atoms with E-state index in [1.807, 2.05) is 0 Å². The van der Waals surface area contributed by atoms with Crippen LogP contribution in [-0.2, 0) is 16.0 Å². The number of amides is 1. The summed E-state index contributed by atoms with van der Waals surface area (Å²) in [5.41, 5.74) is 1.18. The second-order valence-electron chi connectivity index (χ2n) is 8.12. The second-order valence-corrected chi connectivity index (χ2v) is 8.77. The summed E-state index contributed by atoms with van der Waals surface area (Å²) in [4.78, 5) is 14.2. The average Bonchev–Trinajstić information content (AvgIpc) is 3.38. The molecule has 9 heteroatoms. The van der Waals surface area contributed by atoms with Crippen LogP contribution in [0.15, 0.2) is 42.5 Å². The summed E-state index contributed by atoms with van der Waals surface area (Å²) < 4.78 is 65.9. The van der Waals surface area contributed by atoms with E-state index in [2.05, 4.69) is 4.72 Å². The van der Waals surface area contributed by atoms with Crippen LogP contribution in [0.4, 0.5) is 17.6 Å². The molecule has 172 valence electrons. The third-order valence-corrected chi connectivity index (χ3v) is 6.46. The standard InChI is InChI=1S/C23H24F4N2O2S/c1-32-28-21-19(29(13-23(21,26)27)22(30)20-6-3-9-31-20)11-14-4-2-5-15(10-14)17-12-16(24)7-8-18(17)25/h2,4-5,7-8,10,12,19-21,28H,3,6,9,11,13H2,1H3/t19-,20+,21+/m0/s1. The Labute approximate surface area is 188 Å². The minimum absolute atomic E-state index is 0.0923. The van der Waals surface area contributed by atoms with E-state index in [0.717, 1.165) is 36.6 Å². The Hall–Kier alpha value is -2.10. The largest absolute Gasteiger partial charge is 0.368 e. The first-order valence-corrected chi connectivity index (χ1v) is 11.7. The fourth-order valence-corrected chi connectivity index (χ4v) is 5.03. The van der Waals surface area contributed by atoms with Crippen molar-refractivity contribution >= 4 is 17.9 Å². The van der Waals surface area contributed by atoms with Gasteiger partial charge in [0.15, 0.2) is 0 Å². The first kappa shape index (κ1) is 23.1. The van der Waals surface area contributed by atoms with Crippen molar-refractivity contribution in [2.45, 2.75) is 43.4 Å². The molecular weight excluding hydrogens is 444 g/mol. The molecule has 0 unspecified atom stereocenters. The van der Waals surface area contributed by atoms with Crippen LogP contribution >= 0.6 is 11.9 Å². The van der Waals surface area contributed by atoms with E-state index < -0.39 is 48.2 Å². The van der Waals surface area contributed by atoms with Gasteiger partial charge in [0.1, 0.15) is 23.8 Å². The highest BCUT2D eigenvalue weighted by atomic mass is 32.2. The number of nitrogens with zero attached hydrogens (tertiary/aromatic N) is 1. The Morgan fingerprint density at radius 2 is 2.06 bits per heavy atom. The van der Waals surface area contributed by atoms with Crippen molar-refractivity contribution in [2.24, 2.45) is 0 Å². The first-order valence-electron chi connectivity index (χ1n) is 10.4. The Morgan fingerprint density at radius 1 is 1.25 bits per heavy atom. The van der Waals surface area contributed by atoms with Gasteiger partial charge in [0, 0.05) is 12.2 Å². The van der Waals surface area contributed by atoms with Crippen LogP contribution in [0.3, 0.4) is 0 Å². The molecule has 0 aliphatic carbocycles. The number of likely N-dealkylation sites (tertiary alicyclic amines) is 1. The molecule has 4 rings (SSSR count). The molecule has 2 aliphatic heterocycles. The minimum atomic E-state index is -3.12. The maximum atomic E-state index is 14.9. The third-order valence-electron chi connectivity index (χ3n) is 5.97. The van der Waals surface area contributed by atoms with Gasteiger partial charge in [-0.05, 0) is 54.8 Å². The smallest absolute Gasteiger partial charge is 0.283 e. The lowest BCUT2D eigenvalue weighted by Crippen LogP contribution is -2.49. The van der Waals surface area contributed by atoms with Crippen LogP contribution < -0.4 is 4.72 Å². The summed E-state index contributed by atoms with van der Waals surface area (Å²) in [6, 6.07) is 7.82. The number of carbonyl (C=O) groups is 1. The molecule has 2 aromatic carbocycles. The number of halogens is 4. The minimum Gasteiger partial charge on any atom is -0.368 e. The van der Waals surface area contributed by atoms with Gasteiger partial charge in [-0.2, -0.15) is 0 Å². The van der Waals surface area contributed by atoms with Crippen molar-refractivity contribution < 1.29 is 27.1 Å². The summed E-state index contributed by atoms with van der Waals surface area (Å²) >= 11 is 1.07. The molecule has 0 saturated carbocycles. The van der Waals surface area contributed by atoms with Gasteiger partial charge in [-0.3, -0.25) is 9.52 Å². The van der Waals surface area contributed by atoms with Gasteiger partial charge >= 0.3 is 0 Å². The van der Waals surface area contributed by atoms with Gasteiger partial charge in [0.2, 0.25) is 0 Å². The highest BCUT2D eigenvalue weighted by Gasteiger charge is 2.56. The monoisotopic (exact) mass is 468 g/mol. The Kier molecular flexibility index (Phi) is 6.78. The molecule has 32 heavy (non-hydrogen) atoms. The van der Waals surface area contributed by atoms with Crippen LogP contribution in [-0.4, -0.2) is 54.3 Å². The SMILES string of the molecule is CSN[C@@H]1[C@H](Cc2cccc(-c3cc(F)ccc3F)c2)N(C(=O)[C@H]2CCCO2)CC1(F)F. The summed E-state index contributed by atoms with van der Waals surface area (Å²) in [5.74, 6) is -4.69. The number of alkyl halides is 2. The molecule has 3 atom stereocenters. The maximum absolute atomic E-state index is 14.9. The van der Waals surface area contributed by atoms with E-state index in [-0.39, 0.29) is 12.0 Å². The summed E-state index contributed by atoms with van der Waals surface area (Å²) in [6.07, 6.45) is 2.33. The van der Waals surface area contributed by atoms with Crippen molar-refractivity contribution in [1.29, 1.82) is 0 Å². The number of ether oxygens (including phenoxy) is 1. The second kappa shape index (κ2) is 9.41. The van der Waals surface area contributed by atoms with Gasteiger partial charge in [-0.25, -0.2) is 17.6 Å². The molecule has 2 aliphatic rings. The van der Waals surface area contributed by atoms with Crippen LogP contribution in [0.2, 0.25) is 0 Å². The molecule has 2 fully saturated rings. The molecule has 2 aromatic rings. The molecule has 2 saturated heterocycles. The average molecular weight is 469 g/mol. The maximum Gasteiger partial charge on any atom is 0.283 e. The zero-order valence-electron chi connectivity index (χ0n) is 17.5. The number of rotatable bonds is 6. The topological polar surface area (TPSA) is 41.6 Å². The fourth-order valence-electron chi connectivity index (χ4n) is 4.45. The van der Waals surface area contributed by atoms with Crippen LogP contribution in [0, 0.1) is 11.6 Å². The number of nitrogens with one attached hydrogen (secondary N) is 1. The van der Waals surface area contributed by atoms with Crippen LogP contribution in [0.25, 0.3) is 11.1 Å². The Morgan fingerprint density at radius 3 is 2.78 bits per heavy atom. The third kappa shape index (κ3) is 4.65. The quantitative estimate of drug-likeness (QED) is 0.503. The molecule has 0 bridgehead atoms. The van der Waals surface area contributed by atoms with Gasteiger partial charge in [0.25, 0.3) is 11.8 Å². The van der Waals surface area contributed by atoms with Crippen molar-refractivity contribution in [3.8, 4) is 11.1 Å². The Bertz CT molecular complexity index is 984. The van der Waals surface area contributed by atoms with Crippen molar-refractivity contribution in [1.82, 2.24) is 9.62 Å². The number of hydrogen-bond acceptors (Lipinski definition) is 4. The normalized spacial score (nSPS) is 24.8. The molecule has 0 aromatic heterocycles. The van der Waals surface area contributed by atoms with E-state index in [9.17, 15) is 22.4 Å². The zero-order valence-corrected chi connectivity index (χ0v) is 18.3. The fraction of sp³-hybridized carbons (Fsp3) is 0.435. The van der Waals surface area contributed by atoms with Crippen molar-refractivity contribution in [2.75, 3.05) is 19.4 Å². The van der Waals surface area contributed by atoms with Crippen LogP contribution in [0.1, 0.15) is 18.4 Å². The zero-order chi connectivity index (χ0) is 22.9. The summed E-state index contributed by atoms with van der Waals surface area (Å²) in [6.45, 7) is -0.244. The number of carbonyl (C=O) groups excluding carboxylic acids is 1. The molecule has 4 nitrogen and oxygen atoms in total. The van der Waals surface area contributed by atoms with E-state index in [1.54, 1.807) is 30.5 Å². The van der Waals surface area contributed by atoms with Crippen molar-refractivity contribution in [3.63, 3.8) is 0 Å². The van der Waals surface area contributed by atoms with E-state index >= 15 is 0 Å². The van der Waals surface area contributed by atoms with E-state index in [1.165, 1.54) is 4.90 Å². The molecule has 0 spiro atoms. The first-order chi connectivity index (χ1) is 15.3. The highest BCUT2D eigenvalue weighted by molar-refractivity contribution is 7.96. The van der Waals surface area contributed by atoms with Gasteiger partial charge in [-0.1, -0.05) is 36.2 Å². The van der Waals surface area contributed by atoms with Gasteiger partial charge in [0.05, 0.1) is 12.6 Å². The predicted octanol–water partition coefficient (Wildman–Crippen LogP) is 4.44. The Balaban J connectivity index is 1.64. The molecule has 1 amide bonds. The summed E-state index contributed by atoms with van der Waals surface area (Å²) in [5, 5.41) is 0. The number of benzene rings is 2. The van der Waals surface area contributed by atoms with Crippen molar-refractivity contribution in [3.05, 3.63) is 59.7 Å². The lowest BCUT2D eigenvalue weighted by molar-refractivity contribution is -0.143. The van der Waals surface area contributed by atoms with Gasteiger partial charge < -0.3 is 9.64 Å². The predicted molar refractivity (Wildman–Crippen MR) is 115 cm³/mol. The summed E-state index contributed by atoms with van der Waals surface area (Å²) in [7, 11) is 0. The lowest BCUT2D eigenvalue weighted by Gasteiger charge is -2.29. The molecule has 1 N–H and O–H groups in total. The van der Waals surface area contributed by atoms with E-state index in [0.29, 0.717) is 24.2 Å². The molecule has 0 radical (unpaired) electrons.